The standard InChI is InChI=1S/C47H59N11O10/c1-54-20-21-57(47(54)65)33-4-3-17-56(29-33)37-28-50-41(42(48)61)43(52-37)51-32-9-7-30(8-10-32)31-13-18-55(19-14-31)39(60)15-22-66-24-26-68-27-25-67-23-16-49-35-6-2-5-34-40(35)46(64)58(45(34)63)36-11-12-38(59)53-44(36)62/h2,5-10,28,31,33,36,49H,3-4,11-27,29H2,1H3,(H2,48,61)(H,51,52)(H,53,59,62)/t33-,36?/m1/s1. The number of likely N-dealkylation sites (N-methyl/N-ethyl adjacent to an activating group) is 1. The van der Waals surface area contributed by atoms with E-state index >= 15 is 0 Å². The van der Waals surface area contributed by atoms with Gasteiger partial charge in [0.05, 0.1) is 69.4 Å². The molecule has 2 aromatic carbocycles. The number of urea groups is 1. The second kappa shape index (κ2) is 21.9. The average molecular weight is 938 g/mol. The molecule has 3 aromatic rings. The summed E-state index contributed by atoms with van der Waals surface area (Å²) in [5.41, 5.74) is 8.49. The SMILES string of the molecule is CN1CCN([C@@H]2CCCN(c3cnc(C(N)=O)c(Nc4ccc(C5CCN(C(=O)CCOCCOCCOCCNc6cccc7c6C(=O)N(C6CCC(=O)NC6=O)C7=O)CC5)cc4)n3)C2)C1=O. The number of hydrogen-bond donors (Lipinski definition) is 4. The Morgan fingerprint density at radius 1 is 0.838 bits per heavy atom. The molecule has 0 bridgehead atoms. The number of likely N-dealkylation sites (tertiary alicyclic amines) is 1. The molecule has 5 N–H and O–H groups in total. The van der Waals surface area contributed by atoms with E-state index in [1.807, 2.05) is 29.0 Å². The van der Waals surface area contributed by atoms with Crippen molar-refractivity contribution in [3.8, 4) is 0 Å². The second-order valence-corrected chi connectivity index (χ2v) is 17.5. The van der Waals surface area contributed by atoms with Crippen LogP contribution in [0, 0.1) is 0 Å². The molecule has 0 saturated carbocycles. The van der Waals surface area contributed by atoms with Crippen molar-refractivity contribution in [3.63, 3.8) is 0 Å². The number of anilines is 4. The monoisotopic (exact) mass is 937 g/mol. The second-order valence-electron chi connectivity index (χ2n) is 17.5. The fourth-order valence-corrected chi connectivity index (χ4v) is 9.44. The van der Waals surface area contributed by atoms with E-state index in [-0.39, 0.29) is 59.9 Å². The first-order valence-electron chi connectivity index (χ1n) is 23.4. The molecule has 68 heavy (non-hydrogen) atoms. The zero-order valence-electron chi connectivity index (χ0n) is 38.3. The first kappa shape index (κ1) is 47.8. The number of nitrogens with two attached hydrogens (primary N) is 1. The number of rotatable bonds is 20. The van der Waals surface area contributed by atoms with Gasteiger partial charge in [-0.25, -0.2) is 14.8 Å². The van der Waals surface area contributed by atoms with Gasteiger partial charge in [-0.05, 0) is 67.9 Å². The summed E-state index contributed by atoms with van der Waals surface area (Å²) in [5, 5.41) is 8.59. The Morgan fingerprint density at radius 2 is 1.57 bits per heavy atom. The van der Waals surface area contributed by atoms with E-state index in [0.717, 1.165) is 48.4 Å². The van der Waals surface area contributed by atoms with Gasteiger partial charge in [-0.2, -0.15) is 0 Å². The number of carbonyl (C=O) groups is 7. The van der Waals surface area contributed by atoms with Crippen molar-refractivity contribution in [2.24, 2.45) is 5.73 Å². The van der Waals surface area contributed by atoms with E-state index in [9.17, 15) is 33.6 Å². The van der Waals surface area contributed by atoms with Crippen LogP contribution in [-0.4, -0.2) is 176 Å². The number of benzene rings is 2. The minimum absolute atomic E-state index is 0.0444. The number of carbonyl (C=O) groups excluding carboxylic acids is 7. The number of amides is 8. The molecule has 6 heterocycles. The molecule has 362 valence electrons. The predicted octanol–water partition coefficient (Wildman–Crippen LogP) is 2.31. The first-order valence-corrected chi connectivity index (χ1v) is 23.4. The van der Waals surface area contributed by atoms with Crippen molar-refractivity contribution in [1.29, 1.82) is 0 Å². The molecular weight excluding hydrogens is 879 g/mol. The van der Waals surface area contributed by atoms with Crippen LogP contribution in [0.15, 0.2) is 48.7 Å². The summed E-state index contributed by atoms with van der Waals surface area (Å²) >= 11 is 0. The Bertz CT molecular complexity index is 2380. The topological polar surface area (TPSA) is 251 Å². The molecule has 4 saturated heterocycles. The van der Waals surface area contributed by atoms with Crippen LogP contribution < -0.4 is 26.6 Å². The van der Waals surface area contributed by atoms with Gasteiger partial charge in [-0.1, -0.05) is 18.2 Å². The van der Waals surface area contributed by atoms with Gasteiger partial charge >= 0.3 is 6.03 Å². The fraction of sp³-hybridized carbons (Fsp3) is 0.511. The van der Waals surface area contributed by atoms with Crippen molar-refractivity contribution < 1.29 is 47.8 Å². The zero-order valence-corrected chi connectivity index (χ0v) is 38.3. The summed E-state index contributed by atoms with van der Waals surface area (Å²) in [5.74, 6) is -1.67. The number of ether oxygens (including phenoxy) is 3. The molecule has 1 unspecified atom stereocenters. The number of nitrogens with zero attached hydrogens (tertiary/aromatic N) is 7. The van der Waals surface area contributed by atoms with Gasteiger partial charge in [0.1, 0.15) is 11.9 Å². The van der Waals surface area contributed by atoms with Crippen molar-refractivity contribution in [1.82, 2.24) is 34.9 Å². The molecule has 8 amide bonds. The lowest BCUT2D eigenvalue weighted by Gasteiger charge is -2.37. The van der Waals surface area contributed by atoms with Crippen LogP contribution in [0.5, 0.6) is 0 Å². The van der Waals surface area contributed by atoms with Gasteiger partial charge in [0.2, 0.25) is 17.7 Å². The van der Waals surface area contributed by atoms with Gasteiger partial charge in [0.25, 0.3) is 17.7 Å². The Hall–Kier alpha value is -6.71. The molecule has 2 atom stereocenters. The Labute approximate surface area is 394 Å². The zero-order chi connectivity index (χ0) is 47.7. The van der Waals surface area contributed by atoms with Crippen molar-refractivity contribution >= 4 is 64.5 Å². The molecular formula is C47H59N11O10. The Morgan fingerprint density at radius 3 is 2.28 bits per heavy atom. The van der Waals surface area contributed by atoms with E-state index in [1.54, 1.807) is 29.3 Å². The number of nitrogens with one attached hydrogen (secondary N) is 3. The van der Waals surface area contributed by atoms with Crippen LogP contribution in [0.1, 0.15) is 87.6 Å². The Kier molecular flexibility index (Phi) is 15.4. The van der Waals surface area contributed by atoms with Gasteiger partial charge < -0.3 is 50.2 Å². The maximum absolute atomic E-state index is 13.3. The normalized spacial score (nSPS) is 20.0. The predicted molar refractivity (Wildman–Crippen MR) is 247 cm³/mol. The van der Waals surface area contributed by atoms with Crippen LogP contribution in [0.4, 0.5) is 27.8 Å². The highest BCUT2D eigenvalue weighted by atomic mass is 16.5. The highest BCUT2D eigenvalue weighted by Crippen LogP contribution is 2.33. The van der Waals surface area contributed by atoms with E-state index in [1.165, 1.54) is 0 Å². The van der Waals surface area contributed by atoms with E-state index in [4.69, 9.17) is 24.9 Å². The third-order valence-corrected chi connectivity index (χ3v) is 13.1. The largest absolute Gasteiger partial charge is 0.382 e. The van der Waals surface area contributed by atoms with E-state index in [0.29, 0.717) is 96.3 Å². The third kappa shape index (κ3) is 11.0. The average Bonchev–Trinajstić information content (AvgIpc) is 3.81. The summed E-state index contributed by atoms with van der Waals surface area (Å²) in [6.45, 7) is 6.43. The molecule has 5 aliphatic rings. The minimum atomic E-state index is -1.03. The summed E-state index contributed by atoms with van der Waals surface area (Å²) in [7, 11) is 1.82. The van der Waals surface area contributed by atoms with Crippen LogP contribution in [0.25, 0.3) is 0 Å². The molecule has 0 spiro atoms. The first-order chi connectivity index (χ1) is 33.0. The van der Waals surface area contributed by atoms with E-state index in [2.05, 4.69) is 38.0 Å². The quantitative estimate of drug-likeness (QED) is 0.0938. The van der Waals surface area contributed by atoms with Gasteiger partial charge in [-0.3, -0.25) is 39.0 Å². The molecule has 21 heteroatoms. The number of fused-ring (bicyclic) bond motifs is 1. The lowest BCUT2D eigenvalue weighted by atomic mass is 9.89. The minimum Gasteiger partial charge on any atom is -0.382 e. The molecule has 8 rings (SSSR count). The van der Waals surface area contributed by atoms with E-state index < -0.39 is 35.6 Å². The van der Waals surface area contributed by atoms with Crippen molar-refractivity contribution in [2.75, 3.05) is 108 Å². The number of piperidine rings is 3. The fourth-order valence-electron chi connectivity index (χ4n) is 9.44. The van der Waals surface area contributed by atoms with Crippen LogP contribution in [0.2, 0.25) is 0 Å². The Balaban J connectivity index is 0.685. The van der Waals surface area contributed by atoms with Crippen LogP contribution >= 0.6 is 0 Å². The highest BCUT2D eigenvalue weighted by molar-refractivity contribution is 6.25. The molecule has 1 aromatic heterocycles. The van der Waals surface area contributed by atoms with Gasteiger partial charge in [-0.15, -0.1) is 0 Å². The summed E-state index contributed by atoms with van der Waals surface area (Å²) in [4.78, 5) is 106. The van der Waals surface area contributed by atoms with Gasteiger partial charge in [0.15, 0.2) is 11.5 Å². The van der Waals surface area contributed by atoms with Crippen molar-refractivity contribution in [2.45, 2.75) is 62.9 Å². The van der Waals surface area contributed by atoms with Crippen molar-refractivity contribution in [3.05, 3.63) is 71.0 Å². The summed E-state index contributed by atoms with van der Waals surface area (Å²) in [6.07, 6.45) is 5.48. The number of hydrogen-bond acceptors (Lipinski definition) is 15. The van der Waals surface area contributed by atoms with Crippen LogP contribution in [-0.2, 0) is 28.6 Å². The third-order valence-electron chi connectivity index (χ3n) is 13.1. The maximum atomic E-state index is 13.3. The number of imide groups is 2. The lowest BCUT2D eigenvalue weighted by Crippen LogP contribution is -2.54. The van der Waals surface area contributed by atoms with Gasteiger partial charge in [0, 0.05) is 70.7 Å². The summed E-state index contributed by atoms with van der Waals surface area (Å²) < 4.78 is 16.9. The number of aromatic nitrogens is 2. The van der Waals surface area contributed by atoms with Crippen LogP contribution in [0.3, 0.4) is 0 Å². The molecule has 21 nitrogen and oxygen atoms in total. The highest BCUT2D eigenvalue weighted by Gasteiger charge is 2.45. The summed E-state index contributed by atoms with van der Waals surface area (Å²) in [6, 6.07) is 12.0. The molecule has 0 radical (unpaired) electrons. The molecule has 4 fully saturated rings. The molecule has 5 aliphatic heterocycles. The smallest absolute Gasteiger partial charge is 0.320 e. The molecule has 0 aliphatic carbocycles. The number of primary amides is 1. The lowest BCUT2D eigenvalue weighted by molar-refractivity contribution is -0.136. The maximum Gasteiger partial charge on any atom is 0.320 e.